The van der Waals surface area contributed by atoms with Crippen LogP contribution in [0, 0.1) is 0 Å². The van der Waals surface area contributed by atoms with Gasteiger partial charge in [0, 0.05) is 25.9 Å². The van der Waals surface area contributed by atoms with E-state index in [0.717, 1.165) is 31.0 Å². The van der Waals surface area contributed by atoms with Gasteiger partial charge in [0.2, 0.25) is 0 Å². The van der Waals surface area contributed by atoms with Crippen LogP contribution in [0.4, 0.5) is 5.69 Å². The SMILES string of the molecule is CN1CCCOc2ccncc21. The lowest BCUT2D eigenvalue weighted by Gasteiger charge is -2.16. The standard InChI is InChI=1S/C9H12N2O/c1-11-5-2-6-12-9-3-4-10-7-8(9)11/h3-4,7H,2,5-6H2,1H3. The smallest absolute Gasteiger partial charge is 0.145 e. The predicted molar refractivity (Wildman–Crippen MR) is 47.6 cm³/mol. The quantitative estimate of drug-likeness (QED) is 0.578. The normalized spacial score (nSPS) is 16.2. The van der Waals surface area contributed by atoms with Crippen LogP contribution in [0.25, 0.3) is 0 Å². The zero-order valence-corrected chi connectivity index (χ0v) is 7.16. The van der Waals surface area contributed by atoms with E-state index < -0.39 is 0 Å². The van der Waals surface area contributed by atoms with Crippen molar-refractivity contribution in [1.29, 1.82) is 0 Å². The fraction of sp³-hybridized carbons (Fsp3) is 0.444. The molecule has 1 aromatic rings. The Bertz CT molecular complexity index is 275. The van der Waals surface area contributed by atoms with Gasteiger partial charge in [0.1, 0.15) is 5.75 Å². The lowest BCUT2D eigenvalue weighted by atomic mass is 10.3. The van der Waals surface area contributed by atoms with E-state index in [-0.39, 0.29) is 0 Å². The first-order chi connectivity index (χ1) is 5.88. The van der Waals surface area contributed by atoms with Gasteiger partial charge in [-0.25, -0.2) is 0 Å². The number of nitrogens with zero attached hydrogens (tertiary/aromatic N) is 2. The highest BCUT2D eigenvalue weighted by atomic mass is 16.5. The summed E-state index contributed by atoms with van der Waals surface area (Å²) in [6.45, 7) is 1.85. The largest absolute Gasteiger partial charge is 0.491 e. The van der Waals surface area contributed by atoms with E-state index in [4.69, 9.17) is 4.74 Å². The molecule has 1 aromatic heterocycles. The van der Waals surface area contributed by atoms with E-state index in [1.807, 2.05) is 12.3 Å². The molecule has 0 fully saturated rings. The number of aromatic nitrogens is 1. The topological polar surface area (TPSA) is 25.4 Å². The molecule has 1 aliphatic rings. The molecule has 0 radical (unpaired) electrons. The van der Waals surface area contributed by atoms with Gasteiger partial charge in [-0.2, -0.15) is 0 Å². The van der Waals surface area contributed by atoms with Gasteiger partial charge in [-0.3, -0.25) is 4.98 Å². The van der Waals surface area contributed by atoms with Crippen molar-refractivity contribution in [2.24, 2.45) is 0 Å². The lowest BCUT2D eigenvalue weighted by molar-refractivity contribution is 0.322. The van der Waals surface area contributed by atoms with Crippen LogP contribution in [0.2, 0.25) is 0 Å². The number of rotatable bonds is 0. The van der Waals surface area contributed by atoms with Crippen molar-refractivity contribution in [2.75, 3.05) is 25.1 Å². The third-order valence-corrected chi connectivity index (χ3v) is 2.07. The van der Waals surface area contributed by atoms with Crippen LogP contribution in [-0.2, 0) is 0 Å². The molecule has 64 valence electrons. The number of anilines is 1. The number of hydrogen-bond donors (Lipinski definition) is 0. The van der Waals surface area contributed by atoms with Crippen molar-refractivity contribution < 1.29 is 4.74 Å². The third-order valence-electron chi connectivity index (χ3n) is 2.07. The minimum atomic E-state index is 0.807. The molecule has 2 heterocycles. The summed E-state index contributed by atoms with van der Waals surface area (Å²) in [5, 5.41) is 0. The summed E-state index contributed by atoms with van der Waals surface area (Å²) in [6, 6.07) is 1.91. The van der Waals surface area contributed by atoms with Crippen LogP contribution in [-0.4, -0.2) is 25.2 Å². The first-order valence-electron chi connectivity index (χ1n) is 4.16. The monoisotopic (exact) mass is 164 g/mol. The van der Waals surface area contributed by atoms with Crippen LogP contribution in [0.1, 0.15) is 6.42 Å². The number of hydrogen-bond acceptors (Lipinski definition) is 3. The molecule has 0 bridgehead atoms. The minimum absolute atomic E-state index is 0.807. The molecule has 0 aromatic carbocycles. The second-order valence-corrected chi connectivity index (χ2v) is 2.97. The molecule has 2 rings (SSSR count). The Hall–Kier alpha value is -1.25. The first kappa shape index (κ1) is 7.40. The fourth-order valence-corrected chi connectivity index (χ4v) is 1.39. The highest BCUT2D eigenvalue weighted by molar-refractivity contribution is 5.56. The van der Waals surface area contributed by atoms with E-state index in [2.05, 4.69) is 16.9 Å². The van der Waals surface area contributed by atoms with Crippen LogP contribution in [0.3, 0.4) is 0 Å². The van der Waals surface area contributed by atoms with E-state index in [9.17, 15) is 0 Å². The summed E-state index contributed by atoms with van der Waals surface area (Å²) in [5.74, 6) is 0.949. The maximum absolute atomic E-state index is 5.54. The zero-order valence-electron chi connectivity index (χ0n) is 7.16. The number of fused-ring (bicyclic) bond motifs is 1. The molecule has 0 saturated heterocycles. The average Bonchev–Trinajstić information content (AvgIpc) is 2.29. The molecule has 0 atom stereocenters. The third kappa shape index (κ3) is 1.22. The molecule has 3 nitrogen and oxygen atoms in total. The molecule has 3 heteroatoms. The Balaban J connectivity index is 2.39. The highest BCUT2D eigenvalue weighted by Crippen LogP contribution is 2.27. The fourth-order valence-electron chi connectivity index (χ4n) is 1.39. The molecule has 0 amide bonds. The van der Waals surface area contributed by atoms with Gasteiger partial charge in [-0.05, 0) is 6.42 Å². The Morgan fingerprint density at radius 1 is 1.58 bits per heavy atom. The molecular formula is C9H12N2O. The van der Waals surface area contributed by atoms with E-state index >= 15 is 0 Å². The molecule has 1 aliphatic heterocycles. The van der Waals surface area contributed by atoms with Gasteiger partial charge >= 0.3 is 0 Å². The van der Waals surface area contributed by atoms with Crippen molar-refractivity contribution in [2.45, 2.75) is 6.42 Å². The van der Waals surface area contributed by atoms with E-state index in [1.54, 1.807) is 6.20 Å². The summed E-state index contributed by atoms with van der Waals surface area (Å²) < 4.78 is 5.54. The zero-order chi connectivity index (χ0) is 8.39. The van der Waals surface area contributed by atoms with E-state index in [1.165, 1.54) is 0 Å². The molecule has 0 saturated carbocycles. The van der Waals surface area contributed by atoms with Gasteiger partial charge in [0.15, 0.2) is 0 Å². The van der Waals surface area contributed by atoms with Crippen LogP contribution in [0.15, 0.2) is 18.5 Å². The van der Waals surface area contributed by atoms with Gasteiger partial charge in [-0.15, -0.1) is 0 Å². The highest BCUT2D eigenvalue weighted by Gasteiger charge is 2.11. The lowest BCUT2D eigenvalue weighted by Crippen LogP contribution is -2.17. The Kier molecular flexibility index (Phi) is 1.86. The maximum Gasteiger partial charge on any atom is 0.145 e. The summed E-state index contributed by atoms with van der Waals surface area (Å²) in [4.78, 5) is 6.24. The molecule has 0 spiro atoms. The second kappa shape index (κ2) is 3.01. The van der Waals surface area contributed by atoms with Gasteiger partial charge < -0.3 is 9.64 Å². The molecule has 12 heavy (non-hydrogen) atoms. The Morgan fingerprint density at radius 2 is 2.50 bits per heavy atom. The minimum Gasteiger partial charge on any atom is -0.491 e. The van der Waals surface area contributed by atoms with Crippen molar-refractivity contribution in [3.63, 3.8) is 0 Å². The van der Waals surface area contributed by atoms with Crippen molar-refractivity contribution in [3.8, 4) is 5.75 Å². The van der Waals surface area contributed by atoms with Gasteiger partial charge in [-0.1, -0.05) is 0 Å². The Morgan fingerprint density at radius 3 is 3.42 bits per heavy atom. The van der Waals surface area contributed by atoms with Gasteiger partial charge in [0.05, 0.1) is 18.5 Å². The molecular weight excluding hydrogens is 152 g/mol. The summed E-state index contributed by atoms with van der Waals surface area (Å²) in [5.41, 5.74) is 1.09. The average molecular weight is 164 g/mol. The first-order valence-corrected chi connectivity index (χ1v) is 4.16. The molecule has 0 N–H and O–H groups in total. The number of ether oxygens (including phenoxy) is 1. The van der Waals surface area contributed by atoms with Crippen LogP contribution in [0.5, 0.6) is 5.75 Å². The summed E-state index contributed by atoms with van der Waals surface area (Å²) >= 11 is 0. The maximum atomic E-state index is 5.54. The summed E-state index contributed by atoms with van der Waals surface area (Å²) in [7, 11) is 2.06. The summed E-state index contributed by atoms with van der Waals surface area (Å²) in [6.07, 6.45) is 4.68. The van der Waals surface area contributed by atoms with Crippen molar-refractivity contribution in [1.82, 2.24) is 4.98 Å². The van der Waals surface area contributed by atoms with Gasteiger partial charge in [0.25, 0.3) is 0 Å². The van der Waals surface area contributed by atoms with E-state index in [0.29, 0.717) is 0 Å². The predicted octanol–water partition coefficient (Wildman–Crippen LogP) is 1.30. The second-order valence-electron chi connectivity index (χ2n) is 2.97. The van der Waals surface area contributed by atoms with Crippen LogP contribution >= 0.6 is 0 Å². The molecule has 0 unspecified atom stereocenters. The van der Waals surface area contributed by atoms with Crippen molar-refractivity contribution in [3.05, 3.63) is 18.5 Å². The van der Waals surface area contributed by atoms with Crippen LogP contribution < -0.4 is 9.64 Å². The van der Waals surface area contributed by atoms with Crippen molar-refractivity contribution >= 4 is 5.69 Å². The molecule has 0 aliphatic carbocycles. The Labute approximate surface area is 72.0 Å². The number of pyridine rings is 1.